The number of aliphatic imine (C=N–C) groups is 1. The number of halogens is 1. The van der Waals surface area contributed by atoms with E-state index in [1.54, 1.807) is 0 Å². The molecule has 0 saturated heterocycles. The maximum Gasteiger partial charge on any atom is 0.191 e. The highest BCUT2D eigenvalue weighted by Crippen LogP contribution is 2.13. The largest absolute Gasteiger partial charge is 0.396 e. The van der Waals surface area contributed by atoms with Gasteiger partial charge in [-0.1, -0.05) is 60.7 Å². The molecule has 0 heterocycles. The van der Waals surface area contributed by atoms with Crippen LogP contribution in [0.15, 0.2) is 65.7 Å². The summed E-state index contributed by atoms with van der Waals surface area (Å²) in [5.41, 5.74) is 2.30. The third-order valence-electron chi connectivity index (χ3n) is 3.61. The number of guanidine groups is 1. The first-order chi connectivity index (χ1) is 11.3. The van der Waals surface area contributed by atoms with Crippen molar-refractivity contribution < 1.29 is 5.11 Å². The minimum absolute atomic E-state index is 0. The Morgan fingerprint density at radius 1 is 1.00 bits per heavy atom. The second-order valence-corrected chi connectivity index (χ2v) is 5.35. The smallest absolute Gasteiger partial charge is 0.191 e. The molecule has 4 nitrogen and oxygen atoms in total. The first-order valence-electron chi connectivity index (χ1n) is 8.05. The van der Waals surface area contributed by atoms with Crippen LogP contribution in [0, 0.1) is 0 Å². The molecule has 24 heavy (non-hydrogen) atoms. The highest BCUT2D eigenvalue weighted by Gasteiger charge is 2.10. The quantitative estimate of drug-likeness (QED) is 0.353. The number of nitrogens with one attached hydrogen (secondary N) is 2. The molecule has 1 atom stereocenters. The molecule has 5 heteroatoms. The van der Waals surface area contributed by atoms with Crippen molar-refractivity contribution in [3.63, 3.8) is 0 Å². The van der Waals surface area contributed by atoms with E-state index < -0.39 is 0 Å². The van der Waals surface area contributed by atoms with Gasteiger partial charge in [0.25, 0.3) is 0 Å². The first-order valence-corrected chi connectivity index (χ1v) is 8.05. The molecule has 0 aromatic heterocycles. The predicted octanol–water partition coefficient (Wildman–Crippen LogP) is 3.14. The molecule has 0 saturated carbocycles. The van der Waals surface area contributed by atoms with E-state index in [9.17, 15) is 5.11 Å². The van der Waals surface area contributed by atoms with Crippen LogP contribution in [-0.2, 0) is 6.54 Å². The second kappa shape index (κ2) is 11.9. The van der Waals surface area contributed by atoms with E-state index in [2.05, 4.69) is 27.8 Å². The lowest BCUT2D eigenvalue weighted by molar-refractivity contribution is 0.265. The maximum absolute atomic E-state index is 9.63. The second-order valence-electron chi connectivity index (χ2n) is 5.35. The van der Waals surface area contributed by atoms with Crippen molar-refractivity contribution in [3.05, 3.63) is 71.8 Å². The topological polar surface area (TPSA) is 56.7 Å². The van der Waals surface area contributed by atoms with Crippen LogP contribution in [0.4, 0.5) is 0 Å². The van der Waals surface area contributed by atoms with E-state index in [1.807, 2.05) is 55.5 Å². The minimum atomic E-state index is 0. The zero-order valence-electron chi connectivity index (χ0n) is 14.0. The monoisotopic (exact) mass is 439 g/mol. The summed E-state index contributed by atoms with van der Waals surface area (Å²) in [6.07, 6.45) is 0. The summed E-state index contributed by atoms with van der Waals surface area (Å²) >= 11 is 0. The fraction of sp³-hybridized carbons (Fsp3) is 0.316. The molecule has 2 aromatic rings. The highest BCUT2D eigenvalue weighted by molar-refractivity contribution is 14.0. The molecule has 130 valence electrons. The summed E-state index contributed by atoms with van der Waals surface area (Å²) in [6.45, 7) is 4.22. The van der Waals surface area contributed by atoms with Gasteiger partial charge in [-0.25, -0.2) is 4.99 Å². The van der Waals surface area contributed by atoms with E-state index in [1.165, 1.54) is 5.56 Å². The summed E-state index contributed by atoms with van der Waals surface area (Å²) in [4.78, 5) is 4.60. The average molecular weight is 439 g/mol. The van der Waals surface area contributed by atoms with Crippen molar-refractivity contribution in [2.75, 3.05) is 19.7 Å². The van der Waals surface area contributed by atoms with Crippen LogP contribution in [0.25, 0.3) is 0 Å². The molecule has 3 N–H and O–H groups in total. The van der Waals surface area contributed by atoms with Crippen LogP contribution in [0.2, 0.25) is 0 Å². The average Bonchev–Trinajstić information content (AvgIpc) is 2.62. The lowest BCUT2D eigenvalue weighted by Crippen LogP contribution is -2.39. The summed E-state index contributed by atoms with van der Waals surface area (Å²) in [6, 6.07) is 20.2. The Morgan fingerprint density at radius 2 is 1.62 bits per heavy atom. The van der Waals surface area contributed by atoms with E-state index >= 15 is 0 Å². The Labute approximate surface area is 161 Å². The van der Waals surface area contributed by atoms with Gasteiger partial charge in [-0.15, -0.1) is 24.0 Å². The molecule has 0 aliphatic heterocycles. The van der Waals surface area contributed by atoms with Gasteiger partial charge in [-0.05, 0) is 18.1 Å². The third kappa shape index (κ3) is 6.88. The van der Waals surface area contributed by atoms with Gasteiger partial charge in [-0.2, -0.15) is 0 Å². The Balaban J connectivity index is 0.00000288. The molecule has 0 spiro atoms. The number of benzene rings is 2. The SMILES string of the molecule is CCNC(=NCc1ccccc1)NCC(CO)c1ccccc1.I. The molecular formula is C19H26IN3O. The van der Waals surface area contributed by atoms with Gasteiger partial charge in [0.15, 0.2) is 5.96 Å². The fourth-order valence-corrected chi connectivity index (χ4v) is 2.33. The summed E-state index contributed by atoms with van der Waals surface area (Å²) in [5.74, 6) is 0.822. The highest BCUT2D eigenvalue weighted by atomic mass is 127. The van der Waals surface area contributed by atoms with Crippen LogP contribution in [0.5, 0.6) is 0 Å². The number of nitrogens with zero attached hydrogens (tertiary/aromatic N) is 1. The van der Waals surface area contributed by atoms with Gasteiger partial charge in [0, 0.05) is 19.0 Å². The van der Waals surface area contributed by atoms with Gasteiger partial charge in [0.1, 0.15) is 0 Å². The van der Waals surface area contributed by atoms with Crippen molar-refractivity contribution >= 4 is 29.9 Å². The fourth-order valence-electron chi connectivity index (χ4n) is 2.33. The van der Waals surface area contributed by atoms with Gasteiger partial charge < -0.3 is 15.7 Å². The Kier molecular flexibility index (Phi) is 10.1. The van der Waals surface area contributed by atoms with Crippen molar-refractivity contribution in [1.82, 2.24) is 10.6 Å². The molecule has 0 amide bonds. The van der Waals surface area contributed by atoms with Crippen molar-refractivity contribution in [2.45, 2.75) is 19.4 Å². The number of hydrogen-bond acceptors (Lipinski definition) is 2. The molecule has 0 aliphatic rings. The van der Waals surface area contributed by atoms with Gasteiger partial charge in [-0.3, -0.25) is 0 Å². The molecule has 0 radical (unpaired) electrons. The van der Waals surface area contributed by atoms with Crippen LogP contribution in [-0.4, -0.2) is 30.8 Å². The maximum atomic E-state index is 9.63. The first kappa shape index (κ1) is 20.4. The van der Waals surface area contributed by atoms with E-state index in [0.717, 1.165) is 18.1 Å². The van der Waals surface area contributed by atoms with Gasteiger partial charge >= 0.3 is 0 Å². The molecule has 0 bridgehead atoms. The van der Waals surface area contributed by atoms with Gasteiger partial charge in [0.2, 0.25) is 0 Å². The Hall–Kier alpha value is -1.60. The van der Waals surface area contributed by atoms with E-state index in [4.69, 9.17) is 0 Å². The van der Waals surface area contributed by atoms with Crippen molar-refractivity contribution in [1.29, 1.82) is 0 Å². The standard InChI is InChI=1S/C19H25N3O.HI/c1-2-20-19(21-13-16-9-5-3-6-10-16)22-14-18(15-23)17-11-7-4-8-12-17;/h3-12,18,23H,2,13-15H2,1H3,(H2,20,21,22);1H. The Morgan fingerprint density at radius 3 is 2.21 bits per heavy atom. The third-order valence-corrected chi connectivity index (χ3v) is 3.61. The summed E-state index contributed by atoms with van der Waals surface area (Å²) < 4.78 is 0. The lowest BCUT2D eigenvalue weighted by atomic mass is 10.0. The Bertz CT molecular complexity index is 590. The van der Waals surface area contributed by atoms with Crippen LogP contribution in [0.1, 0.15) is 24.0 Å². The zero-order valence-corrected chi connectivity index (χ0v) is 16.3. The molecule has 0 fully saturated rings. The number of hydrogen-bond donors (Lipinski definition) is 3. The number of aliphatic hydroxyl groups is 1. The minimum Gasteiger partial charge on any atom is -0.396 e. The zero-order chi connectivity index (χ0) is 16.3. The molecule has 1 unspecified atom stereocenters. The lowest BCUT2D eigenvalue weighted by Gasteiger charge is -2.18. The van der Waals surface area contributed by atoms with Crippen molar-refractivity contribution in [2.24, 2.45) is 4.99 Å². The molecule has 2 rings (SSSR count). The molecule has 2 aromatic carbocycles. The normalized spacial score (nSPS) is 12.2. The van der Waals surface area contributed by atoms with Gasteiger partial charge in [0.05, 0.1) is 13.2 Å². The van der Waals surface area contributed by atoms with Crippen molar-refractivity contribution in [3.8, 4) is 0 Å². The molecule has 0 aliphatic carbocycles. The van der Waals surface area contributed by atoms with E-state index in [-0.39, 0.29) is 36.5 Å². The predicted molar refractivity (Wildman–Crippen MR) is 111 cm³/mol. The number of rotatable bonds is 7. The van der Waals surface area contributed by atoms with E-state index in [0.29, 0.717) is 13.1 Å². The van der Waals surface area contributed by atoms with Crippen LogP contribution < -0.4 is 10.6 Å². The number of aliphatic hydroxyl groups excluding tert-OH is 1. The molecular weight excluding hydrogens is 413 g/mol. The van der Waals surface area contributed by atoms with Crippen LogP contribution in [0.3, 0.4) is 0 Å². The summed E-state index contributed by atoms with van der Waals surface area (Å²) in [7, 11) is 0. The van der Waals surface area contributed by atoms with Crippen LogP contribution >= 0.6 is 24.0 Å². The summed E-state index contributed by atoms with van der Waals surface area (Å²) in [5, 5.41) is 16.2.